The van der Waals surface area contributed by atoms with Crippen LogP contribution in [-0.4, -0.2) is 18.5 Å². The fourth-order valence-corrected chi connectivity index (χ4v) is 0.532. The summed E-state index contributed by atoms with van der Waals surface area (Å²) in [6.45, 7) is 5.34. The Kier molecular flexibility index (Phi) is 5.66. The molecule has 0 aromatic rings. The van der Waals surface area contributed by atoms with E-state index in [1.165, 1.54) is 6.08 Å². The second-order valence-electron chi connectivity index (χ2n) is 2.38. The topological polar surface area (TPSA) is 43.4 Å². The van der Waals surface area contributed by atoms with Gasteiger partial charge >= 0.3 is 5.97 Å². The second kappa shape index (κ2) is 6.38. The zero-order valence-corrected chi connectivity index (χ0v) is 7.13. The lowest BCUT2D eigenvalue weighted by Crippen LogP contribution is -2.05. The predicted octanol–water partition coefficient (Wildman–Crippen LogP) is 1.27. The molecule has 0 bridgehead atoms. The van der Waals surface area contributed by atoms with Gasteiger partial charge in [-0.15, -0.1) is 0 Å². The van der Waals surface area contributed by atoms with Crippen molar-refractivity contribution in [2.45, 2.75) is 19.8 Å². The summed E-state index contributed by atoms with van der Waals surface area (Å²) in [5, 5.41) is 0. The molecule has 66 valence electrons. The van der Waals surface area contributed by atoms with Crippen LogP contribution in [0.4, 0.5) is 0 Å². The molecule has 0 amide bonds. The van der Waals surface area contributed by atoms with Crippen molar-refractivity contribution in [3.8, 4) is 0 Å². The van der Waals surface area contributed by atoms with Gasteiger partial charge in [0, 0.05) is 5.57 Å². The van der Waals surface area contributed by atoms with Crippen molar-refractivity contribution in [1.29, 1.82) is 0 Å². The molecular weight excluding hydrogens is 156 g/mol. The molecule has 0 aromatic carbocycles. The highest BCUT2D eigenvalue weighted by Crippen LogP contribution is 1.95. The number of carbonyl (C=O) groups excluding carboxylic acids is 2. The van der Waals surface area contributed by atoms with Gasteiger partial charge in [-0.05, 0) is 25.8 Å². The van der Waals surface area contributed by atoms with Crippen LogP contribution >= 0.6 is 0 Å². The van der Waals surface area contributed by atoms with Crippen LogP contribution in [0.15, 0.2) is 18.2 Å². The van der Waals surface area contributed by atoms with Gasteiger partial charge in [0.15, 0.2) is 0 Å². The molecule has 0 aromatic heterocycles. The Hall–Kier alpha value is -1.34. The average Bonchev–Trinajstić information content (AvgIpc) is 2.03. The quantitative estimate of drug-likeness (QED) is 0.269. The molecule has 0 N–H and O–H groups in total. The third kappa shape index (κ3) is 5.45. The van der Waals surface area contributed by atoms with E-state index in [9.17, 15) is 9.59 Å². The minimum Gasteiger partial charge on any atom is -0.462 e. The van der Waals surface area contributed by atoms with E-state index in [1.54, 1.807) is 12.9 Å². The van der Waals surface area contributed by atoms with Gasteiger partial charge in [0.2, 0.25) is 0 Å². The number of allylic oxidation sites excluding steroid dienone is 1. The molecule has 0 saturated heterocycles. The molecule has 3 nitrogen and oxygen atoms in total. The van der Waals surface area contributed by atoms with Crippen LogP contribution in [0.2, 0.25) is 0 Å². The largest absolute Gasteiger partial charge is 0.462 e. The maximum absolute atomic E-state index is 10.8. The van der Waals surface area contributed by atoms with Gasteiger partial charge in [0.1, 0.15) is 5.94 Å². The Morgan fingerprint density at radius 1 is 1.67 bits per heavy atom. The van der Waals surface area contributed by atoms with Crippen LogP contribution in [-0.2, 0) is 14.3 Å². The molecule has 0 saturated carbocycles. The summed E-state index contributed by atoms with van der Waals surface area (Å²) in [5.41, 5.74) is 0.390. The van der Waals surface area contributed by atoms with E-state index in [-0.39, 0.29) is 5.97 Å². The van der Waals surface area contributed by atoms with E-state index >= 15 is 0 Å². The standard InChI is InChI=1S/C9H12O3/c1-8(2)9(11)12-7-5-3-4-6-10/h4H,1,3,5,7H2,2H3. The van der Waals surface area contributed by atoms with Gasteiger partial charge in [-0.3, -0.25) is 0 Å². The Morgan fingerprint density at radius 2 is 2.33 bits per heavy atom. The lowest BCUT2D eigenvalue weighted by atomic mass is 10.3. The molecule has 0 rings (SSSR count). The number of rotatable bonds is 5. The Balaban J connectivity index is 3.37. The van der Waals surface area contributed by atoms with E-state index in [1.807, 2.05) is 0 Å². The van der Waals surface area contributed by atoms with Gasteiger partial charge < -0.3 is 4.74 Å². The summed E-state index contributed by atoms with van der Waals surface area (Å²) in [5.74, 6) is 1.26. The average molecular weight is 168 g/mol. The molecule has 0 aliphatic heterocycles. The first-order valence-electron chi connectivity index (χ1n) is 3.70. The number of unbranched alkanes of at least 4 members (excludes halogenated alkanes) is 1. The van der Waals surface area contributed by atoms with Crippen LogP contribution in [0.1, 0.15) is 19.8 Å². The summed E-state index contributed by atoms with van der Waals surface area (Å²) in [6, 6.07) is 0. The van der Waals surface area contributed by atoms with Crippen molar-refractivity contribution >= 4 is 11.9 Å². The van der Waals surface area contributed by atoms with Crippen molar-refractivity contribution in [3.63, 3.8) is 0 Å². The third-order valence-electron chi connectivity index (χ3n) is 1.16. The van der Waals surface area contributed by atoms with Crippen molar-refractivity contribution in [2.24, 2.45) is 0 Å². The summed E-state index contributed by atoms with van der Waals surface area (Å²) >= 11 is 0. The fourth-order valence-electron chi connectivity index (χ4n) is 0.532. The maximum atomic E-state index is 10.8. The third-order valence-corrected chi connectivity index (χ3v) is 1.16. The Labute approximate surface area is 71.7 Å². The first-order chi connectivity index (χ1) is 5.68. The van der Waals surface area contributed by atoms with Crippen molar-refractivity contribution in [3.05, 3.63) is 18.2 Å². The number of ether oxygens (including phenoxy) is 1. The van der Waals surface area contributed by atoms with Gasteiger partial charge in [0.25, 0.3) is 0 Å². The van der Waals surface area contributed by atoms with E-state index in [4.69, 9.17) is 4.74 Å². The van der Waals surface area contributed by atoms with Crippen LogP contribution in [0.5, 0.6) is 0 Å². The molecule has 12 heavy (non-hydrogen) atoms. The van der Waals surface area contributed by atoms with Gasteiger partial charge in [0.05, 0.1) is 6.61 Å². The normalized spacial score (nSPS) is 8.42. The van der Waals surface area contributed by atoms with Gasteiger partial charge in [-0.1, -0.05) is 6.58 Å². The smallest absolute Gasteiger partial charge is 0.333 e. The predicted molar refractivity (Wildman–Crippen MR) is 45.3 cm³/mol. The highest BCUT2D eigenvalue weighted by molar-refractivity contribution is 5.86. The van der Waals surface area contributed by atoms with Crippen LogP contribution in [0.25, 0.3) is 0 Å². The number of esters is 1. The number of hydrogen-bond acceptors (Lipinski definition) is 3. The minimum absolute atomic E-state index is 0.323. The Morgan fingerprint density at radius 3 is 2.83 bits per heavy atom. The molecule has 0 radical (unpaired) electrons. The van der Waals surface area contributed by atoms with E-state index in [2.05, 4.69) is 6.58 Å². The van der Waals surface area contributed by atoms with E-state index in [0.29, 0.717) is 25.0 Å². The molecule has 0 aliphatic rings. The zero-order chi connectivity index (χ0) is 9.40. The van der Waals surface area contributed by atoms with Gasteiger partial charge in [-0.25, -0.2) is 9.59 Å². The van der Waals surface area contributed by atoms with Crippen molar-refractivity contribution in [2.75, 3.05) is 6.61 Å². The molecule has 0 aliphatic carbocycles. The summed E-state index contributed by atoms with van der Waals surface area (Å²) < 4.78 is 4.76. The molecule has 3 heteroatoms. The number of hydrogen-bond donors (Lipinski definition) is 0. The van der Waals surface area contributed by atoms with Crippen LogP contribution < -0.4 is 0 Å². The fraction of sp³-hybridized carbons (Fsp3) is 0.444. The van der Waals surface area contributed by atoms with Crippen LogP contribution in [0.3, 0.4) is 0 Å². The van der Waals surface area contributed by atoms with Crippen molar-refractivity contribution < 1.29 is 14.3 Å². The van der Waals surface area contributed by atoms with Crippen molar-refractivity contribution in [1.82, 2.24) is 0 Å². The monoisotopic (exact) mass is 168 g/mol. The number of carbonyl (C=O) groups is 1. The summed E-state index contributed by atoms with van der Waals surface area (Å²) in [6.07, 6.45) is 2.61. The highest BCUT2D eigenvalue weighted by Gasteiger charge is 2.00. The molecule has 0 fully saturated rings. The summed E-state index contributed by atoms with van der Waals surface area (Å²) in [4.78, 5) is 20.5. The second-order valence-corrected chi connectivity index (χ2v) is 2.38. The minimum atomic E-state index is -0.384. The van der Waals surface area contributed by atoms with E-state index in [0.717, 1.165) is 0 Å². The first kappa shape index (κ1) is 10.7. The van der Waals surface area contributed by atoms with E-state index < -0.39 is 0 Å². The Bertz CT molecular complexity index is 212. The maximum Gasteiger partial charge on any atom is 0.333 e. The first-order valence-corrected chi connectivity index (χ1v) is 3.70. The highest BCUT2D eigenvalue weighted by atomic mass is 16.5. The van der Waals surface area contributed by atoms with Crippen LogP contribution in [0, 0.1) is 0 Å². The zero-order valence-electron chi connectivity index (χ0n) is 7.13. The van der Waals surface area contributed by atoms with Gasteiger partial charge in [-0.2, -0.15) is 0 Å². The molecule has 0 unspecified atom stereocenters. The summed E-state index contributed by atoms with van der Waals surface area (Å²) in [7, 11) is 0. The molecular formula is C9H12O3. The SMILES string of the molecule is C=C(C)C(=O)OCCCC=C=O. The lowest BCUT2D eigenvalue weighted by Gasteiger charge is -2.01. The molecule has 0 atom stereocenters. The molecule has 0 heterocycles. The molecule has 0 spiro atoms. The lowest BCUT2D eigenvalue weighted by molar-refractivity contribution is -0.139.